The van der Waals surface area contributed by atoms with Crippen molar-refractivity contribution < 1.29 is 4.42 Å². The van der Waals surface area contributed by atoms with E-state index in [9.17, 15) is 0 Å². The molecule has 0 aliphatic heterocycles. The van der Waals surface area contributed by atoms with Crippen molar-refractivity contribution in [3.63, 3.8) is 0 Å². The lowest BCUT2D eigenvalue weighted by molar-refractivity contribution is 0.673. The zero-order chi connectivity index (χ0) is 37.0. The first kappa shape index (κ1) is 31.9. The zero-order valence-electron chi connectivity index (χ0n) is 30.2. The van der Waals surface area contributed by atoms with E-state index in [1.54, 1.807) is 0 Å². The van der Waals surface area contributed by atoms with Gasteiger partial charge in [0.05, 0.1) is 22.0 Å². The Morgan fingerprint density at radius 3 is 1.54 bits per heavy atom. The number of hydrogen-bond donors (Lipinski definition) is 0. The van der Waals surface area contributed by atoms with Gasteiger partial charge in [-0.05, 0) is 64.7 Å². The lowest BCUT2D eigenvalue weighted by Crippen LogP contribution is -2.00. The van der Waals surface area contributed by atoms with Crippen LogP contribution in [0.1, 0.15) is 0 Å². The fourth-order valence-corrected chi connectivity index (χ4v) is 8.00. The molecule has 0 atom stereocenters. The topological polar surface area (TPSA) is 56.7 Å². The van der Waals surface area contributed by atoms with Gasteiger partial charge in [0, 0.05) is 33.0 Å². The van der Waals surface area contributed by atoms with E-state index in [1.807, 2.05) is 66.7 Å². The summed E-state index contributed by atoms with van der Waals surface area (Å²) in [5.74, 6) is 1.79. The van der Waals surface area contributed by atoms with Crippen LogP contribution in [0.15, 0.2) is 199 Å². The van der Waals surface area contributed by atoms with Gasteiger partial charge in [-0.2, -0.15) is 0 Å². The van der Waals surface area contributed by atoms with Crippen molar-refractivity contribution >= 4 is 43.7 Å². The first-order chi connectivity index (χ1) is 27.8. The Morgan fingerprint density at radius 2 is 0.857 bits per heavy atom. The number of benzene rings is 8. The molecule has 0 saturated heterocycles. The van der Waals surface area contributed by atoms with Crippen LogP contribution in [0.25, 0.3) is 106 Å². The van der Waals surface area contributed by atoms with Gasteiger partial charge >= 0.3 is 0 Å². The van der Waals surface area contributed by atoms with Gasteiger partial charge in [-0.1, -0.05) is 152 Å². The Bertz CT molecular complexity index is 3170. The molecule has 0 unspecified atom stereocenters. The number of hydrogen-bond acceptors (Lipinski definition) is 4. The molecule has 0 aliphatic rings. The van der Waals surface area contributed by atoms with Crippen molar-refractivity contribution in [1.29, 1.82) is 0 Å². The van der Waals surface area contributed by atoms with Gasteiger partial charge < -0.3 is 8.98 Å². The van der Waals surface area contributed by atoms with Crippen molar-refractivity contribution in [2.75, 3.05) is 0 Å². The van der Waals surface area contributed by atoms with Gasteiger partial charge in [0.2, 0.25) is 0 Å². The van der Waals surface area contributed by atoms with Gasteiger partial charge in [-0.25, -0.2) is 15.0 Å². The molecule has 11 rings (SSSR count). The Morgan fingerprint density at radius 1 is 0.339 bits per heavy atom. The summed E-state index contributed by atoms with van der Waals surface area (Å²) in [5.41, 5.74) is 12.2. The molecule has 0 fully saturated rings. The van der Waals surface area contributed by atoms with E-state index in [4.69, 9.17) is 19.4 Å². The van der Waals surface area contributed by atoms with Crippen molar-refractivity contribution in [3.8, 4) is 62.1 Å². The standard InChI is InChI=1S/C51H32N4O/c1-5-15-33(16-6-1)36-21-13-22-37(31-36)38-27-28-42-45(32-38)55(39-23-11-4-12-24-39)44-30-29-41-40-25-14-26-43(47(40)56-48(41)46(42)44)51-53-49(34-17-7-2-8-18-34)52-50(54-51)35-19-9-3-10-20-35/h1-32H. The maximum atomic E-state index is 7.07. The van der Waals surface area contributed by atoms with Crippen molar-refractivity contribution in [2.45, 2.75) is 0 Å². The summed E-state index contributed by atoms with van der Waals surface area (Å²) in [6.07, 6.45) is 0. The highest BCUT2D eigenvalue weighted by atomic mass is 16.3. The molecule has 5 nitrogen and oxygen atoms in total. The van der Waals surface area contributed by atoms with Gasteiger partial charge in [-0.3, -0.25) is 0 Å². The normalized spacial score (nSPS) is 11.6. The van der Waals surface area contributed by atoms with E-state index < -0.39 is 0 Å². The third-order valence-electron chi connectivity index (χ3n) is 10.7. The molecule has 262 valence electrons. The van der Waals surface area contributed by atoms with Gasteiger partial charge in [0.25, 0.3) is 0 Å². The Labute approximate surface area is 322 Å². The summed E-state index contributed by atoms with van der Waals surface area (Å²) in [6, 6.07) is 67.5. The minimum atomic E-state index is 0.563. The van der Waals surface area contributed by atoms with Crippen LogP contribution in [0.5, 0.6) is 0 Å². The third kappa shape index (κ3) is 5.29. The Balaban J connectivity index is 1.14. The summed E-state index contributed by atoms with van der Waals surface area (Å²) >= 11 is 0. The molecule has 11 aromatic rings. The molecule has 0 spiro atoms. The van der Waals surface area contributed by atoms with Crippen molar-refractivity contribution in [2.24, 2.45) is 0 Å². The summed E-state index contributed by atoms with van der Waals surface area (Å²) in [6.45, 7) is 0. The number of aromatic nitrogens is 4. The van der Waals surface area contributed by atoms with Crippen LogP contribution in [0.2, 0.25) is 0 Å². The van der Waals surface area contributed by atoms with Gasteiger partial charge in [0.15, 0.2) is 17.5 Å². The molecule has 0 radical (unpaired) electrons. The van der Waals surface area contributed by atoms with E-state index in [0.717, 1.165) is 71.7 Å². The molecule has 0 saturated carbocycles. The van der Waals surface area contributed by atoms with Crippen LogP contribution in [-0.4, -0.2) is 19.5 Å². The lowest BCUT2D eigenvalue weighted by Gasteiger charge is -2.10. The smallest absolute Gasteiger partial charge is 0.167 e. The molecule has 0 bridgehead atoms. The largest absolute Gasteiger partial charge is 0.455 e. The first-order valence-electron chi connectivity index (χ1n) is 18.8. The summed E-state index contributed by atoms with van der Waals surface area (Å²) < 4.78 is 9.42. The molecule has 0 aliphatic carbocycles. The number of fused-ring (bicyclic) bond motifs is 7. The van der Waals surface area contributed by atoms with Crippen LogP contribution in [0.3, 0.4) is 0 Å². The number of para-hydroxylation sites is 2. The molecular weight excluding hydrogens is 685 g/mol. The van der Waals surface area contributed by atoms with Crippen molar-refractivity contribution in [1.82, 2.24) is 19.5 Å². The molecule has 3 heterocycles. The maximum absolute atomic E-state index is 7.07. The van der Waals surface area contributed by atoms with Gasteiger partial charge in [-0.15, -0.1) is 0 Å². The quantitative estimate of drug-likeness (QED) is 0.172. The average molecular weight is 717 g/mol. The fraction of sp³-hybridized carbons (Fsp3) is 0. The number of nitrogens with zero attached hydrogens (tertiary/aromatic N) is 4. The molecule has 0 amide bonds. The molecule has 56 heavy (non-hydrogen) atoms. The summed E-state index contributed by atoms with van der Waals surface area (Å²) in [4.78, 5) is 15.0. The Kier molecular flexibility index (Phi) is 7.42. The second-order valence-corrected chi connectivity index (χ2v) is 14.0. The van der Waals surface area contributed by atoms with E-state index in [2.05, 4.69) is 132 Å². The monoisotopic (exact) mass is 716 g/mol. The highest BCUT2D eigenvalue weighted by Crippen LogP contribution is 2.43. The minimum Gasteiger partial charge on any atom is -0.455 e. The second kappa shape index (κ2) is 13.0. The van der Waals surface area contributed by atoms with Crippen LogP contribution < -0.4 is 0 Å². The average Bonchev–Trinajstić information content (AvgIpc) is 3.83. The predicted octanol–water partition coefficient (Wildman–Crippen LogP) is 13.2. The predicted molar refractivity (Wildman–Crippen MR) is 229 cm³/mol. The Hall–Kier alpha value is -7.63. The van der Waals surface area contributed by atoms with Crippen LogP contribution >= 0.6 is 0 Å². The van der Waals surface area contributed by atoms with E-state index in [-0.39, 0.29) is 0 Å². The number of rotatable bonds is 6. The van der Waals surface area contributed by atoms with Crippen LogP contribution in [0, 0.1) is 0 Å². The molecule has 0 N–H and O–H groups in total. The summed E-state index contributed by atoms with van der Waals surface area (Å²) in [5, 5.41) is 4.24. The number of furan rings is 1. The molecule has 3 aromatic heterocycles. The van der Waals surface area contributed by atoms with E-state index >= 15 is 0 Å². The third-order valence-corrected chi connectivity index (χ3v) is 10.7. The fourth-order valence-electron chi connectivity index (χ4n) is 8.00. The lowest BCUT2D eigenvalue weighted by atomic mass is 9.98. The SMILES string of the molecule is c1ccc(-c2cccc(-c3ccc4c5c6oc7c(-c8nc(-c9ccccc9)nc(-c9ccccc9)n8)cccc7c6ccc5n(-c5ccccc5)c4c3)c2)cc1. The zero-order valence-corrected chi connectivity index (χ0v) is 30.2. The second-order valence-electron chi connectivity index (χ2n) is 14.0. The maximum Gasteiger partial charge on any atom is 0.167 e. The van der Waals surface area contributed by atoms with Crippen LogP contribution in [0.4, 0.5) is 0 Å². The highest BCUT2D eigenvalue weighted by Gasteiger charge is 2.22. The van der Waals surface area contributed by atoms with Gasteiger partial charge in [0.1, 0.15) is 11.2 Å². The molecule has 5 heteroatoms. The van der Waals surface area contributed by atoms with Crippen LogP contribution in [-0.2, 0) is 0 Å². The molecular formula is C51H32N4O. The van der Waals surface area contributed by atoms with E-state index in [1.165, 1.54) is 16.7 Å². The highest BCUT2D eigenvalue weighted by molar-refractivity contribution is 6.25. The molecule has 8 aromatic carbocycles. The summed E-state index contributed by atoms with van der Waals surface area (Å²) in [7, 11) is 0. The van der Waals surface area contributed by atoms with Crippen molar-refractivity contribution in [3.05, 3.63) is 194 Å². The van der Waals surface area contributed by atoms with E-state index in [0.29, 0.717) is 17.5 Å². The minimum absolute atomic E-state index is 0.563. The first-order valence-corrected chi connectivity index (χ1v) is 18.8.